The third-order valence-corrected chi connectivity index (χ3v) is 0.849. The molecular weight excluding hydrogens is 131 g/mol. The van der Waals surface area contributed by atoms with E-state index in [1.54, 1.807) is 0 Å². The molecule has 1 unspecified atom stereocenters. The van der Waals surface area contributed by atoms with Crippen LogP contribution in [0.25, 0.3) is 0 Å². The van der Waals surface area contributed by atoms with Crippen LogP contribution in [0.2, 0.25) is 0 Å². The molecule has 0 aromatic heterocycles. The van der Waals surface area contributed by atoms with Gasteiger partial charge in [0.05, 0.1) is 7.11 Å². The maximum absolute atomic E-state index is 10.0. The molecule has 46 valence electrons. The predicted molar refractivity (Wildman–Crippen MR) is 27.2 cm³/mol. The maximum Gasteiger partial charge on any atom is 0.375 e. The van der Waals surface area contributed by atoms with Gasteiger partial charge in [-0.05, 0) is 0 Å². The molecule has 5 heteroatoms. The molecular formula is C3H5O4P. The number of methoxy groups -OCH3 is 1. The highest BCUT2D eigenvalue weighted by Gasteiger charge is 1.97. The van der Waals surface area contributed by atoms with Gasteiger partial charge in [0.15, 0.2) is 0 Å². The van der Waals surface area contributed by atoms with Gasteiger partial charge in [-0.3, -0.25) is 0 Å². The van der Waals surface area contributed by atoms with Crippen LogP contribution >= 0.6 is 8.00 Å². The second kappa shape index (κ2) is 3.55. The van der Waals surface area contributed by atoms with Crippen molar-refractivity contribution in [3.8, 4) is 0 Å². The summed E-state index contributed by atoms with van der Waals surface area (Å²) in [4.78, 5) is 27.8. The van der Waals surface area contributed by atoms with Crippen molar-refractivity contribution >= 4 is 19.8 Å². The normalized spacial score (nSPS) is 11.1. The predicted octanol–water partition coefficient (Wildman–Crippen LogP) is -1.37. The second-order valence-electron chi connectivity index (χ2n) is 0.955. The summed E-state index contributed by atoms with van der Waals surface area (Å²) in [5.74, 6) is -0.191. The number of hydrogen-bond acceptors (Lipinski definition) is 4. The van der Waals surface area contributed by atoms with Crippen LogP contribution in [0, 0.1) is 0 Å². The Hall–Kier alpha value is -0.440. The molecule has 0 rings (SSSR count). The highest BCUT2D eigenvalue weighted by molar-refractivity contribution is 7.46. The van der Waals surface area contributed by atoms with Crippen molar-refractivity contribution in [3.63, 3.8) is 0 Å². The Labute approximate surface area is 47.3 Å². The molecule has 0 bridgehead atoms. The van der Waals surface area contributed by atoms with Gasteiger partial charge in [-0.15, -0.1) is 0 Å². The number of esters is 1. The van der Waals surface area contributed by atoms with Crippen LogP contribution in [-0.4, -0.2) is 23.8 Å². The van der Waals surface area contributed by atoms with Crippen molar-refractivity contribution in [2.45, 2.75) is 0 Å². The van der Waals surface area contributed by atoms with Crippen LogP contribution in [0.3, 0.4) is 0 Å². The average molecular weight is 136 g/mol. The van der Waals surface area contributed by atoms with E-state index in [-0.39, 0.29) is 0 Å². The van der Waals surface area contributed by atoms with Gasteiger partial charge in [0.2, 0.25) is 13.8 Å². The van der Waals surface area contributed by atoms with E-state index in [0.29, 0.717) is 5.80 Å². The lowest BCUT2D eigenvalue weighted by atomic mass is 10.8. The summed E-state index contributed by atoms with van der Waals surface area (Å²) in [6, 6.07) is 0. The van der Waals surface area contributed by atoms with E-state index >= 15 is 0 Å². The molecule has 0 aromatic carbocycles. The Morgan fingerprint density at radius 1 is 2.00 bits per heavy atom. The van der Waals surface area contributed by atoms with Crippen LogP contribution < -0.4 is 4.89 Å². The highest BCUT2D eigenvalue weighted by atomic mass is 31.1. The molecule has 1 N–H and O–H groups in total. The molecule has 0 aliphatic heterocycles. The minimum absolute atomic E-state index is 0.593. The van der Waals surface area contributed by atoms with Gasteiger partial charge in [0.25, 0.3) is 0 Å². The highest BCUT2D eigenvalue weighted by Crippen LogP contribution is 1.96. The minimum Gasteiger partial charge on any atom is -0.603 e. The van der Waals surface area contributed by atoms with Crippen LogP contribution in [0.5, 0.6) is 0 Å². The molecule has 0 spiro atoms. The second-order valence-corrected chi connectivity index (χ2v) is 1.82. The van der Waals surface area contributed by atoms with Crippen molar-refractivity contribution in [2.24, 2.45) is 0 Å². The van der Waals surface area contributed by atoms with Gasteiger partial charge in [0.1, 0.15) is 0 Å². The van der Waals surface area contributed by atoms with Crippen molar-refractivity contribution in [1.82, 2.24) is 0 Å². The number of carbonyl (C=O) groups is 1. The quantitative estimate of drug-likeness (QED) is 0.356. The monoisotopic (exact) mass is 136 g/mol. The van der Waals surface area contributed by atoms with Crippen molar-refractivity contribution in [2.75, 3.05) is 7.11 Å². The fourth-order valence-corrected chi connectivity index (χ4v) is 0.429. The van der Waals surface area contributed by atoms with Crippen molar-refractivity contribution in [3.05, 3.63) is 0 Å². The van der Waals surface area contributed by atoms with Crippen LogP contribution in [-0.2, 0) is 9.53 Å². The summed E-state index contributed by atoms with van der Waals surface area (Å²) in [7, 11) is -1.36. The average Bonchev–Trinajstić information content (AvgIpc) is 1.65. The van der Waals surface area contributed by atoms with Crippen molar-refractivity contribution in [1.29, 1.82) is 0 Å². The number of carbonyl (C=O) groups excluding carboxylic acids is 1. The number of rotatable bonds is 1. The van der Waals surface area contributed by atoms with Gasteiger partial charge < -0.3 is 9.63 Å². The summed E-state index contributed by atoms with van der Waals surface area (Å²) < 4.78 is 4.02. The lowest BCUT2D eigenvalue weighted by Crippen LogP contribution is -2.02. The molecule has 0 aliphatic carbocycles. The Morgan fingerprint density at radius 3 is 2.62 bits per heavy atom. The molecule has 1 atom stereocenters. The lowest BCUT2D eigenvalue weighted by molar-refractivity contribution is -0.167. The van der Waals surface area contributed by atoms with Gasteiger partial charge in [-0.25, -0.2) is 4.79 Å². The molecule has 0 aromatic rings. The number of ether oxygens (including phenoxy) is 1. The third-order valence-electron chi connectivity index (χ3n) is 0.417. The fourth-order valence-electron chi connectivity index (χ4n) is 0.143. The van der Waals surface area contributed by atoms with Crippen molar-refractivity contribution < 1.29 is 19.3 Å². The maximum atomic E-state index is 10.0. The van der Waals surface area contributed by atoms with E-state index in [2.05, 4.69) is 4.74 Å². The molecule has 0 saturated carbocycles. The molecule has 8 heavy (non-hydrogen) atoms. The SMILES string of the molecule is COC(=O)/C=[P+](\[O-])O. The fraction of sp³-hybridized carbons (Fsp3) is 0.333. The van der Waals surface area contributed by atoms with Crippen LogP contribution in [0.1, 0.15) is 0 Å². The molecule has 4 nitrogen and oxygen atoms in total. The number of hydrogen-bond donors (Lipinski definition) is 1. The zero-order valence-corrected chi connectivity index (χ0v) is 5.09. The molecule has 0 fully saturated rings. The standard InChI is InChI=1S/C3H5O4P/c1-7-3(4)2-8(5)6/h2H,1H3,(H,5,6). The van der Waals surface area contributed by atoms with Gasteiger partial charge in [-0.2, -0.15) is 4.89 Å². The minimum atomic E-state index is -2.50. The summed E-state index contributed by atoms with van der Waals surface area (Å²) in [5.41, 5.74) is 0. The Balaban J connectivity index is 3.70. The first-order chi connectivity index (χ1) is 3.66. The molecule has 0 amide bonds. The van der Waals surface area contributed by atoms with E-state index in [0.717, 1.165) is 7.11 Å². The molecule has 0 heterocycles. The van der Waals surface area contributed by atoms with Gasteiger partial charge in [0, 0.05) is 0 Å². The molecule has 0 radical (unpaired) electrons. The van der Waals surface area contributed by atoms with E-state index in [4.69, 9.17) is 4.89 Å². The summed E-state index contributed by atoms with van der Waals surface area (Å²) in [6.45, 7) is 0. The Kier molecular flexibility index (Phi) is 3.35. The molecule has 0 aliphatic rings. The van der Waals surface area contributed by atoms with Crippen LogP contribution in [0.4, 0.5) is 0 Å². The zero-order valence-electron chi connectivity index (χ0n) is 4.20. The third kappa shape index (κ3) is 3.74. The Bertz CT molecular complexity index is 114. The smallest absolute Gasteiger partial charge is 0.375 e. The largest absolute Gasteiger partial charge is 0.603 e. The topological polar surface area (TPSA) is 69.6 Å². The van der Waals surface area contributed by atoms with Gasteiger partial charge in [-0.1, -0.05) is 0 Å². The van der Waals surface area contributed by atoms with Crippen LogP contribution in [0.15, 0.2) is 0 Å². The summed E-state index contributed by atoms with van der Waals surface area (Å²) in [6.07, 6.45) is 0. The zero-order chi connectivity index (χ0) is 6.57. The molecule has 0 saturated heterocycles. The first-order valence-electron chi connectivity index (χ1n) is 1.75. The van der Waals surface area contributed by atoms with E-state index in [1.807, 2.05) is 0 Å². The first kappa shape index (κ1) is 7.56. The summed E-state index contributed by atoms with van der Waals surface area (Å²) >= 11 is 0. The first-order valence-corrected chi connectivity index (χ1v) is 3.03. The van der Waals surface area contributed by atoms with E-state index in [1.165, 1.54) is 0 Å². The summed E-state index contributed by atoms with van der Waals surface area (Å²) in [5, 5.41) is 0. The lowest BCUT2D eigenvalue weighted by Gasteiger charge is -1.85. The Morgan fingerprint density at radius 2 is 2.50 bits per heavy atom. The van der Waals surface area contributed by atoms with E-state index < -0.39 is 14.0 Å². The van der Waals surface area contributed by atoms with Gasteiger partial charge >= 0.3 is 5.97 Å². The van der Waals surface area contributed by atoms with E-state index in [9.17, 15) is 9.69 Å².